The van der Waals surface area contributed by atoms with Crippen molar-refractivity contribution in [2.24, 2.45) is 5.73 Å². The van der Waals surface area contributed by atoms with Crippen LogP contribution in [-0.4, -0.2) is 27.0 Å². The molecule has 6 heteroatoms. The van der Waals surface area contributed by atoms with Gasteiger partial charge in [0.2, 0.25) is 0 Å². The predicted molar refractivity (Wildman–Crippen MR) is 107 cm³/mol. The third-order valence-electron chi connectivity index (χ3n) is 4.75. The molecule has 1 aromatic heterocycles. The molecular formula is C22H21N3O3. The lowest BCUT2D eigenvalue weighted by atomic mass is 9.97. The molecule has 3 rings (SSSR count). The summed E-state index contributed by atoms with van der Waals surface area (Å²) in [6.45, 7) is 5.22. The van der Waals surface area contributed by atoms with Gasteiger partial charge in [-0.25, -0.2) is 4.98 Å². The number of carboxylic acid groups (broad SMARTS) is 1. The average molecular weight is 375 g/mol. The average Bonchev–Trinajstić information content (AvgIpc) is 2.67. The fourth-order valence-electron chi connectivity index (χ4n) is 3.07. The molecule has 1 amide bonds. The highest BCUT2D eigenvalue weighted by Gasteiger charge is 2.15. The molecule has 1 atom stereocenters. The zero-order chi connectivity index (χ0) is 20.4. The maximum absolute atomic E-state index is 11.6. The fourth-order valence-corrected chi connectivity index (χ4v) is 3.07. The summed E-state index contributed by atoms with van der Waals surface area (Å²) in [6.07, 6.45) is 0. The molecule has 0 aliphatic rings. The molecular weight excluding hydrogens is 354 g/mol. The van der Waals surface area contributed by atoms with Gasteiger partial charge >= 0.3 is 5.97 Å². The van der Waals surface area contributed by atoms with Gasteiger partial charge in [-0.3, -0.25) is 14.6 Å². The summed E-state index contributed by atoms with van der Waals surface area (Å²) in [6, 6.07) is 15.2. The first-order valence-corrected chi connectivity index (χ1v) is 8.86. The van der Waals surface area contributed by atoms with Crippen molar-refractivity contribution >= 4 is 11.9 Å². The van der Waals surface area contributed by atoms with Crippen LogP contribution in [0.15, 0.2) is 48.5 Å². The molecule has 0 saturated heterocycles. The standard InChI is InChI=1S/C22H21N3O3/c1-12(22(27)28)15-4-6-16(7-5-15)17-8-10-18(11-9-17)19-13(2)24-14(3)20(25-19)21(23)26/h4-12H,1-3H3,(H2,23,26)(H,27,28)/t12-/m0/s1. The number of nitrogens with two attached hydrogens (primary N) is 1. The van der Waals surface area contributed by atoms with Gasteiger partial charge in [0, 0.05) is 5.56 Å². The molecule has 0 fully saturated rings. The summed E-state index contributed by atoms with van der Waals surface area (Å²) < 4.78 is 0. The molecule has 142 valence electrons. The Labute approximate surface area is 163 Å². The summed E-state index contributed by atoms with van der Waals surface area (Å²) in [7, 11) is 0. The number of aromatic nitrogens is 2. The molecule has 0 aliphatic carbocycles. The Balaban J connectivity index is 1.91. The Morgan fingerprint density at radius 3 is 1.86 bits per heavy atom. The Hall–Kier alpha value is -3.54. The summed E-state index contributed by atoms with van der Waals surface area (Å²) in [5.41, 5.74) is 11.0. The third kappa shape index (κ3) is 3.76. The number of rotatable bonds is 5. The van der Waals surface area contributed by atoms with Gasteiger partial charge in [-0.1, -0.05) is 48.5 Å². The molecule has 0 aliphatic heterocycles. The number of primary amides is 1. The number of benzene rings is 2. The minimum absolute atomic E-state index is 0.174. The molecule has 0 radical (unpaired) electrons. The van der Waals surface area contributed by atoms with Crippen LogP contribution in [0.25, 0.3) is 22.4 Å². The molecule has 2 aromatic carbocycles. The largest absolute Gasteiger partial charge is 0.481 e. The van der Waals surface area contributed by atoms with Crippen molar-refractivity contribution in [3.05, 3.63) is 71.2 Å². The van der Waals surface area contributed by atoms with E-state index in [0.29, 0.717) is 11.4 Å². The number of aliphatic carboxylic acids is 1. The van der Waals surface area contributed by atoms with E-state index in [9.17, 15) is 9.59 Å². The van der Waals surface area contributed by atoms with Gasteiger partial charge < -0.3 is 10.8 Å². The highest BCUT2D eigenvalue weighted by atomic mass is 16.4. The van der Waals surface area contributed by atoms with Crippen molar-refractivity contribution in [2.45, 2.75) is 26.7 Å². The van der Waals surface area contributed by atoms with Crippen LogP contribution in [0.4, 0.5) is 0 Å². The van der Waals surface area contributed by atoms with Crippen LogP contribution >= 0.6 is 0 Å². The zero-order valence-corrected chi connectivity index (χ0v) is 15.9. The molecule has 1 heterocycles. The maximum Gasteiger partial charge on any atom is 0.310 e. The van der Waals surface area contributed by atoms with Gasteiger partial charge in [0.1, 0.15) is 5.69 Å². The van der Waals surface area contributed by atoms with Crippen LogP contribution in [-0.2, 0) is 4.79 Å². The zero-order valence-electron chi connectivity index (χ0n) is 15.9. The van der Waals surface area contributed by atoms with E-state index < -0.39 is 17.8 Å². The van der Waals surface area contributed by atoms with Crippen LogP contribution in [0, 0.1) is 13.8 Å². The first-order chi connectivity index (χ1) is 13.3. The molecule has 3 aromatic rings. The number of hydrogen-bond donors (Lipinski definition) is 2. The van der Waals surface area contributed by atoms with Crippen LogP contribution in [0.5, 0.6) is 0 Å². The summed E-state index contributed by atoms with van der Waals surface area (Å²) >= 11 is 0. The van der Waals surface area contributed by atoms with Gasteiger partial charge in [-0.15, -0.1) is 0 Å². The van der Waals surface area contributed by atoms with Crippen molar-refractivity contribution < 1.29 is 14.7 Å². The minimum atomic E-state index is -0.845. The van der Waals surface area contributed by atoms with E-state index in [-0.39, 0.29) is 5.69 Å². The van der Waals surface area contributed by atoms with E-state index in [1.54, 1.807) is 13.8 Å². The summed E-state index contributed by atoms with van der Waals surface area (Å²) in [5, 5.41) is 9.11. The normalized spacial score (nSPS) is 11.8. The van der Waals surface area contributed by atoms with E-state index >= 15 is 0 Å². The van der Waals surface area contributed by atoms with Crippen molar-refractivity contribution in [2.75, 3.05) is 0 Å². The fraction of sp³-hybridized carbons (Fsp3) is 0.182. The van der Waals surface area contributed by atoms with E-state index in [1.807, 2.05) is 55.5 Å². The minimum Gasteiger partial charge on any atom is -0.481 e. The Bertz CT molecular complexity index is 1040. The van der Waals surface area contributed by atoms with Crippen LogP contribution in [0.1, 0.15) is 40.3 Å². The lowest BCUT2D eigenvalue weighted by molar-refractivity contribution is -0.138. The van der Waals surface area contributed by atoms with E-state index in [4.69, 9.17) is 10.8 Å². The molecule has 0 saturated carbocycles. The topological polar surface area (TPSA) is 106 Å². The van der Waals surface area contributed by atoms with Gasteiger partial charge in [-0.2, -0.15) is 0 Å². The predicted octanol–water partition coefficient (Wildman–Crippen LogP) is 3.71. The molecule has 28 heavy (non-hydrogen) atoms. The van der Waals surface area contributed by atoms with Gasteiger partial charge in [0.25, 0.3) is 5.91 Å². The number of hydrogen-bond acceptors (Lipinski definition) is 4. The molecule has 0 spiro atoms. The van der Waals surface area contributed by atoms with E-state index in [1.165, 1.54) is 0 Å². The van der Waals surface area contributed by atoms with Crippen molar-refractivity contribution in [1.82, 2.24) is 9.97 Å². The molecule has 3 N–H and O–H groups in total. The highest BCUT2D eigenvalue weighted by Crippen LogP contribution is 2.27. The number of nitrogens with zero attached hydrogens (tertiary/aromatic N) is 2. The Morgan fingerprint density at radius 2 is 1.36 bits per heavy atom. The third-order valence-corrected chi connectivity index (χ3v) is 4.75. The number of aryl methyl sites for hydroxylation is 2. The number of carbonyl (C=O) groups is 2. The van der Waals surface area contributed by atoms with Gasteiger partial charge in [0.05, 0.1) is 23.0 Å². The van der Waals surface area contributed by atoms with Crippen LogP contribution < -0.4 is 5.73 Å². The number of carbonyl (C=O) groups excluding carboxylic acids is 1. The molecule has 0 bridgehead atoms. The number of carboxylic acids is 1. The molecule has 0 unspecified atom stereocenters. The Kier molecular flexibility index (Phi) is 5.22. The SMILES string of the molecule is Cc1nc(C)c(-c2ccc(-c3ccc([C@H](C)C(=O)O)cc3)cc2)nc1C(N)=O. The monoisotopic (exact) mass is 375 g/mol. The second-order valence-corrected chi connectivity index (χ2v) is 6.72. The molecule has 6 nitrogen and oxygen atoms in total. The van der Waals surface area contributed by atoms with Gasteiger partial charge in [-0.05, 0) is 37.5 Å². The van der Waals surface area contributed by atoms with Crippen LogP contribution in [0.3, 0.4) is 0 Å². The summed E-state index contributed by atoms with van der Waals surface area (Å²) in [4.78, 5) is 31.4. The second kappa shape index (κ2) is 7.60. The first kappa shape index (κ1) is 19.2. The van der Waals surface area contributed by atoms with E-state index in [0.717, 1.165) is 27.9 Å². The van der Waals surface area contributed by atoms with Crippen molar-refractivity contribution in [1.29, 1.82) is 0 Å². The lowest BCUT2D eigenvalue weighted by Crippen LogP contribution is -2.17. The maximum atomic E-state index is 11.6. The van der Waals surface area contributed by atoms with Crippen LogP contribution in [0.2, 0.25) is 0 Å². The highest BCUT2D eigenvalue weighted by molar-refractivity contribution is 5.92. The lowest BCUT2D eigenvalue weighted by Gasteiger charge is -2.10. The number of amides is 1. The van der Waals surface area contributed by atoms with Gasteiger partial charge in [0.15, 0.2) is 0 Å². The van der Waals surface area contributed by atoms with Crippen molar-refractivity contribution in [3.8, 4) is 22.4 Å². The smallest absolute Gasteiger partial charge is 0.310 e. The first-order valence-electron chi connectivity index (χ1n) is 8.86. The quantitative estimate of drug-likeness (QED) is 0.707. The van der Waals surface area contributed by atoms with Crippen molar-refractivity contribution in [3.63, 3.8) is 0 Å². The van der Waals surface area contributed by atoms with E-state index in [2.05, 4.69) is 9.97 Å². The summed E-state index contributed by atoms with van der Waals surface area (Å²) in [5.74, 6) is -1.99. The second-order valence-electron chi connectivity index (χ2n) is 6.72. The Morgan fingerprint density at radius 1 is 0.857 bits per heavy atom.